The van der Waals surface area contributed by atoms with Crippen LogP contribution in [0, 0.1) is 0 Å². The summed E-state index contributed by atoms with van der Waals surface area (Å²) in [6.07, 6.45) is -0.636. The monoisotopic (exact) mass is 251 g/mol. The fraction of sp³-hybridized carbons (Fsp3) is 0.500. The van der Waals surface area contributed by atoms with E-state index in [1.165, 1.54) is 4.90 Å². The molecule has 1 amide bonds. The summed E-state index contributed by atoms with van der Waals surface area (Å²) >= 11 is 0. The molecule has 4 heteroatoms. The summed E-state index contributed by atoms with van der Waals surface area (Å²) in [5.41, 5.74) is -0.149. The molecule has 0 radical (unpaired) electrons. The average Bonchev–Trinajstić information content (AvgIpc) is 2.36. The quantitative estimate of drug-likeness (QED) is 0.828. The zero-order valence-electron chi connectivity index (χ0n) is 11.1. The van der Waals surface area contributed by atoms with Gasteiger partial charge in [-0.05, 0) is 32.9 Å². The molecule has 0 heterocycles. The number of carbonyl (C=O) groups excluding carboxylic acids is 1. The number of nitrogens with zero attached hydrogens (tertiary/aromatic N) is 1. The first kappa shape index (κ1) is 14.7. The summed E-state index contributed by atoms with van der Waals surface area (Å²) in [5.74, 6) is -0.185. The summed E-state index contributed by atoms with van der Waals surface area (Å²) in [6, 6.07) is 8.88. The van der Waals surface area contributed by atoms with Crippen LogP contribution in [0.3, 0.4) is 0 Å². The topological polar surface area (TPSA) is 60.8 Å². The van der Waals surface area contributed by atoms with Crippen LogP contribution in [0.5, 0.6) is 0 Å². The van der Waals surface area contributed by atoms with E-state index in [4.69, 9.17) is 0 Å². The number of aliphatic hydroxyl groups is 2. The molecular formula is C14H21NO3. The van der Waals surface area contributed by atoms with Gasteiger partial charge in [0.15, 0.2) is 0 Å². The van der Waals surface area contributed by atoms with Crippen molar-refractivity contribution in [3.05, 3.63) is 35.9 Å². The van der Waals surface area contributed by atoms with Gasteiger partial charge in [0, 0.05) is 12.1 Å². The third-order valence-electron chi connectivity index (χ3n) is 2.83. The lowest BCUT2D eigenvalue weighted by Gasteiger charge is -2.38. The number of hydrogen-bond acceptors (Lipinski definition) is 3. The molecule has 0 aliphatic carbocycles. The van der Waals surface area contributed by atoms with Gasteiger partial charge < -0.3 is 15.1 Å². The zero-order chi connectivity index (χ0) is 13.8. The molecule has 0 fully saturated rings. The summed E-state index contributed by atoms with van der Waals surface area (Å²) < 4.78 is 0. The van der Waals surface area contributed by atoms with Crippen LogP contribution in [-0.2, 0) is 0 Å². The van der Waals surface area contributed by atoms with Gasteiger partial charge in [-0.3, -0.25) is 4.79 Å². The average molecular weight is 251 g/mol. The predicted molar refractivity (Wildman–Crippen MR) is 70.3 cm³/mol. The van der Waals surface area contributed by atoms with Gasteiger partial charge in [-0.25, -0.2) is 0 Å². The molecule has 2 N–H and O–H groups in total. The van der Waals surface area contributed by atoms with Gasteiger partial charge in [-0.1, -0.05) is 18.2 Å². The number of β-amino-alcohol motifs (C(OH)–C–C–N with tert-alkyl or cyclic N) is 1. The smallest absolute Gasteiger partial charge is 0.254 e. The molecule has 0 spiro atoms. The number of aliphatic hydroxyl groups excluding tert-OH is 2. The Morgan fingerprint density at radius 1 is 1.33 bits per heavy atom. The number of rotatable bonds is 5. The van der Waals surface area contributed by atoms with Gasteiger partial charge in [0.05, 0.1) is 18.2 Å². The van der Waals surface area contributed by atoms with E-state index in [-0.39, 0.29) is 19.1 Å². The van der Waals surface area contributed by atoms with Crippen molar-refractivity contribution in [1.29, 1.82) is 0 Å². The molecule has 1 atom stereocenters. The third kappa shape index (κ3) is 3.55. The van der Waals surface area contributed by atoms with E-state index in [9.17, 15) is 15.0 Å². The highest BCUT2D eigenvalue weighted by molar-refractivity contribution is 5.94. The van der Waals surface area contributed by atoms with E-state index in [1.807, 2.05) is 6.07 Å². The molecule has 1 aromatic rings. The molecule has 0 bridgehead atoms. The minimum absolute atomic E-state index is 0.154. The lowest BCUT2D eigenvalue weighted by Crippen LogP contribution is -2.52. The van der Waals surface area contributed by atoms with E-state index in [0.29, 0.717) is 5.56 Å². The number of carbonyl (C=O) groups is 1. The second-order valence-corrected chi connectivity index (χ2v) is 5.10. The Balaban J connectivity index is 3.00. The Kier molecular flexibility index (Phi) is 4.87. The van der Waals surface area contributed by atoms with Crippen LogP contribution in [0.2, 0.25) is 0 Å². The van der Waals surface area contributed by atoms with Gasteiger partial charge in [0.1, 0.15) is 0 Å². The van der Waals surface area contributed by atoms with Gasteiger partial charge in [0.2, 0.25) is 0 Å². The molecule has 0 saturated carbocycles. The normalized spacial score (nSPS) is 13.2. The van der Waals surface area contributed by atoms with Crippen molar-refractivity contribution in [3.8, 4) is 0 Å². The molecule has 0 saturated heterocycles. The number of benzene rings is 1. The van der Waals surface area contributed by atoms with E-state index in [0.717, 1.165) is 0 Å². The standard InChI is InChI=1S/C14H21NO3/c1-11(17)9-15(14(2,3)10-16)13(18)12-7-5-4-6-8-12/h4-8,11,16-17H,9-10H2,1-3H3. The fourth-order valence-corrected chi connectivity index (χ4v) is 1.69. The van der Waals surface area contributed by atoms with Crippen LogP contribution in [0.15, 0.2) is 30.3 Å². The van der Waals surface area contributed by atoms with Gasteiger partial charge in [0.25, 0.3) is 5.91 Å². The Morgan fingerprint density at radius 3 is 2.33 bits per heavy atom. The third-order valence-corrected chi connectivity index (χ3v) is 2.83. The minimum Gasteiger partial charge on any atom is -0.394 e. The largest absolute Gasteiger partial charge is 0.394 e. The number of hydrogen-bond donors (Lipinski definition) is 2. The Hall–Kier alpha value is -1.39. The van der Waals surface area contributed by atoms with Crippen LogP contribution < -0.4 is 0 Å². The Morgan fingerprint density at radius 2 is 1.89 bits per heavy atom. The zero-order valence-corrected chi connectivity index (χ0v) is 11.1. The highest BCUT2D eigenvalue weighted by atomic mass is 16.3. The second-order valence-electron chi connectivity index (χ2n) is 5.10. The van der Waals surface area contributed by atoms with Crippen LogP contribution in [0.1, 0.15) is 31.1 Å². The fourth-order valence-electron chi connectivity index (χ4n) is 1.69. The molecule has 0 aromatic heterocycles. The van der Waals surface area contributed by atoms with E-state index in [1.54, 1.807) is 45.0 Å². The van der Waals surface area contributed by atoms with Crippen LogP contribution >= 0.6 is 0 Å². The maximum Gasteiger partial charge on any atom is 0.254 e. The van der Waals surface area contributed by atoms with Crippen molar-refractivity contribution >= 4 is 5.91 Å². The molecule has 0 aliphatic rings. The van der Waals surface area contributed by atoms with Gasteiger partial charge in [-0.15, -0.1) is 0 Å². The van der Waals surface area contributed by atoms with E-state index in [2.05, 4.69) is 0 Å². The number of amides is 1. The van der Waals surface area contributed by atoms with E-state index >= 15 is 0 Å². The first-order valence-corrected chi connectivity index (χ1v) is 6.04. The first-order valence-electron chi connectivity index (χ1n) is 6.04. The molecule has 1 aromatic carbocycles. The maximum atomic E-state index is 12.4. The molecule has 4 nitrogen and oxygen atoms in total. The summed E-state index contributed by atoms with van der Waals surface area (Å²) in [5, 5.41) is 18.9. The Bertz CT molecular complexity index is 387. The lowest BCUT2D eigenvalue weighted by atomic mass is 10.0. The SMILES string of the molecule is CC(O)CN(C(=O)c1ccccc1)C(C)(C)CO. The molecule has 100 valence electrons. The highest BCUT2D eigenvalue weighted by Gasteiger charge is 2.31. The van der Waals surface area contributed by atoms with Crippen molar-refractivity contribution in [3.63, 3.8) is 0 Å². The van der Waals surface area contributed by atoms with Crippen LogP contribution in [-0.4, -0.2) is 45.8 Å². The molecular weight excluding hydrogens is 230 g/mol. The van der Waals surface area contributed by atoms with Crippen LogP contribution in [0.25, 0.3) is 0 Å². The van der Waals surface area contributed by atoms with Crippen LogP contribution in [0.4, 0.5) is 0 Å². The summed E-state index contributed by atoms with van der Waals surface area (Å²) in [7, 11) is 0. The molecule has 1 unspecified atom stereocenters. The van der Waals surface area contributed by atoms with E-state index < -0.39 is 11.6 Å². The predicted octanol–water partition coefficient (Wildman–Crippen LogP) is 1.28. The van der Waals surface area contributed by atoms with Gasteiger partial charge in [-0.2, -0.15) is 0 Å². The van der Waals surface area contributed by atoms with Crippen molar-refractivity contribution in [2.45, 2.75) is 32.4 Å². The second kappa shape index (κ2) is 5.98. The van der Waals surface area contributed by atoms with Crippen molar-refractivity contribution in [2.24, 2.45) is 0 Å². The maximum absolute atomic E-state index is 12.4. The summed E-state index contributed by atoms with van der Waals surface area (Å²) in [6.45, 7) is 5.21. The minimum atomic E-state index is -0.704. The molecule has 0 aliphatic heterocycles. The van der Waals surface area contributed by atoms with Crippen molar-refractivity contribution in [2.75, 3.05) is 13.2 Å². The molecule has 1 rings (SSSR count). The van der Waals surface area contributed by atoms with Crippen molar-refractivity contribution in [1.82, 2.24) is 4.90 Å². The molecule has 18 heavy (non-hydrogen) atoms. The lowest BCUT2D eigenvalue weighted by molar-refractivity contribution is 0.0194. The summed E-state index contributed by atoms with van der Waals surface area (Å²) in [4.78, 5) is 13.9. The van der Waals surface area contributed by atoms with Crippen molar-refractivity contribution < 1.29 is 15.0 Å². The highest BCUT2D eigenvalue weighted by Crippen LogP contribution is 2.18. The Labute approximate surface area is 108 Å². The van der Waals surface area contributed by atoms with Gasteiger partial charge >= 0.3 is 0 Å². The first-order chi connectivity index (χ1) is 8.38.